The van der Waals surface area contributed by atoms with Crippen LogP contribution in [0.3, 0.4) is 0 Å². The first-order valence-corrected chi connectivity index (χ1v) is 13.5. The SMILES string of the molecule is CCCS(=O)(=O)c1ccc(C(CN2CCCC2COC)NC(=O)c2ccc(Cl)cc2Cl)cc1. The van der Waals surface area contributed by atoms with E-state index in [1.807, 2.05) is 6.92 Å². The number of amides is 1. The highest BCUT2D eigenvalue weighted by Crippen LogP contribution is 2.26. The lowest BCUT2D eigenvalue weighted by molar-refractivity contribution is 0.0888. The molecule has 1 amide bonds. The van der Waals surface area contributed by atoms with Gasteiger partial charge in [-0.3, -0.25) is 9.69 Å². The van der Waals surface area contributed by atoms with Crippen LogP contribution in [0.1, 0.15) is 48.1 Å². The summed E-state index contributed by atoms with van der Waals surface area (Å²) in [6, 6.07) is 11.5. The monoisotopic (exact) mass is 512 g/mol. The van der Waals surface area contributed by atoms with Gasteiger partial charge in [0.05, 0.1) is 33.9 Å². The van der Waals surface area contributed by atoms with Gasteiger partial charge in [-0.05, 0) is 61.7 Å². The number of hydrogen-bond donors (Lipinski definition) is 1. The minimum atomic E-state index is -3.31. The summed E-state index contributed by atoms with van der Waals surface area (Å²) in [4.78, 5) is 15.7. The Balaban J connectivity index is 1.87. The van der Waals surface area contributed by atoms with Crippen LogP contribution in [0.2, 0.25) is 10.0 Å². The molecule has 0 aliphatic carbocycles. The Labute approximate surface area is 206 Å². The Morgan fingerprint density at radius 3 is 2.58 bits per heavy atom. The molecule has 1 heterocycles. The topological polar surface area (TPSA) is 75.7 Å². The molecule has 2 aromatic carbocycles. The number of ether oxygens (including phenoxy) is 1. The standard InChI is InChI=1S/C24H30Cl2N2O4S/c1-3-13-33(30,31)20-9-6-17(7-10-20)23(15-28-12-4-5-19(28)16-32-2)27-24(29)21-11-8-18(25)14-22(21)26/h6-11,14,19,23H,3-5,12-13,15-16H2,1-2H3,(H,27,29). The van der Waals surface area contributed by atoms with Gasteiger partial charge in [-0.1, -0.05) is 42.3 Å². The number of likely N-dealkylation sites (tertiary alicyclic amines) is 1. The zero-order chi connectivity index (χ0) is 24.0. The van der Waals surface area contributed by atoms with Crippen molar-refractivity contribution in [2.24, 2.45) is 0 Å². The lowest BCUT2D eigenvalue weighted by Crippen LogP contribution is -2.41. The summed E-state index contributed by atoms with van der Waals surface area (Å²) in [6.45, 7) is 3.95. The molecule has 0 radical (unpaired) electrons. The predicted molar refractivity (Wildman–Crippen MR) is 132 cm³/mol. The number of hydrogen-bond acceptors (Lipinski definition) is 5. The lowest BCUT2D eigenvalue weighted by Gasteiger charge is -2.29. The summed E-state index contributed by atoms with van der Waals surface area (Å²) < 4.78 is 30.2. The van der Waals surface area contributed by atoms with Crippen LogP contribution < -0.4 is 5.32 Å². The van der Waals surface area contributed by atoms with Crippen LogP contribution in [-0.2, 0) is 14.6 Å². The van der Waals surface area contributed by atoms with E-state index in [9.17, 15) is 13.2 Å². The van der Waals surface area contributed by atoms with E-state index in [-0.39, 0.29) is 33.7 Å². The normalized spacial score (nSPS) is 17.8. The molecular weight excluding hydrogens is 483 g/mol. The van der Waals surface area contributed by atoms with Gasteiger partial charge >= 0.3 is 0 Å². The molecule has 0 aromatic heterocycles. The van der Waals surface area contributed by atoms with Gasteiger partial charge in [0, 0.05) is 24.7 Å². The first kappa shape index (κ1) is 26.0. The van der Waals surface area contributed by atoms with E-state index in [0.717, 1.165) is 24.9 Å². The molecule has 0 saturated carbocycles. The molecule has 33 heavy (non-hydrogen) atoms. The van der Waals surface area contributed by atoms with Crippen LogP contribution in [-0.4, -0.2) is 57.8 Å². The van der Waals surface area contributed by atoms with Crippen molar-refractivity contribution in [1.82, 2.24) is 10.2 Å². The fourth-order valence-electron chi connectivity index (χ4n) is 4.19. The quantitative estimate of drug-likeness (QED) is 0.496. The fraction of sp³-hybridized carbons (Fsp3) is 0.458. The number of rotatable bonds is 10. The smallest absolute Gasteiger partial charge is 0.253 e. The number of methoxy groups -OCH3 is 1. The van der Waals surface area contributed by atoms with Crippen molar-refractivity contribution in [1.29, 1.82) is 0 Å². The van der Waals surface area contributed by atoms with E-state index in [0.29, 0.717) is 30.2 Å². The average Bonchev–Trinajstić information content (AvgIpc) is 3.20. The summed E-state index contributed by atoms with van der Waals surface area (Å²) in [7, 11) is -1.62. The predicted octanol–water partition coefficient (Wildman–Crippen LogP) is 4.76. The van der Waals surface area contributed by atoms with Crippen molar-refractivity contribution in [3.8, 4) is 0 Å². The second-order valence-electron chi connectivity index (χ2n) is 8.28. The Morgan fingerprint density at radius 1 is 1.21 bits per heavy atom. The molecule has 2 atom stereocenters. The van der Waals surface area contributed by atoms with E-state index in [4.69, 9.17) is 27.9 Å². The van der Waals surface area contributed by atoms with Gasteiger partial charge in [0.1, 0.15) is 0 Å². The van der Waals surface area contributed by atoms with Crippen LogP contribution in [0.5, 0.6) is 0 Å². The largest absolute Gasteiger partial charge is 0.383 e. The number of sulfone groups is 1. The second-order valence-corrected chi connectivity index (χ2v) is 11.2. The number of halogens is 2. The first-order valence-electron chi connectivity index (χ1n) is 11.1. The van der Waals surface area contributed by atoms with Gasteiger partial charge in [0.25, 0.3) is 5.91 Å². The summed E-state index contributed by atoms with van der Waals surface area (Å²) in [5, 5.41) is 3.82. The number of benzene rings is 2. The lowest BCUT2D eigenvalue weighted by atomic mass is 10.0. The van der Waals surface area contributed by atoms with Gasteiger partial charge in [-0.25, -0.2) is 8.42 Å². The summed E-state index contributed by atoms with van der Waals surface area (Å²) in [5.74, 6) is -0.208. The maximum Gasteiger partial charge on any atom is 0.253 e. The molecule has 1 aliphatic heterocycles. The molecule has 1 fully saturated rings. The van der Waals surface area contributed by atoms with Crippen molar-refractivity contribution in [3.05, 3.63) is 63.6 Å². The molecular formula is C24H30Cl2N2O4S. The third-order valence-corrected chi connectivity index (χ3v) is 8.35. The van der Waals surface area contributed by atoms with Gasteiger partial charge in [0.15, 0.2) is 9.84 Å². The van der Waals surface area contributed by atoms with E-state index in [1.165, 1.54) is 6.07 Å². The van der Waals surface area contributed by atoms with Crippen molar-refractivity contribution in [2.45, 2.75) is 43.2 Å². The number of nitrogens with zero attached hydrogens (tertiary/aromatic N) is 1. The van der Waals surface area contributed by atoms with Gasteiger partial charge in [-0.2, -0.15) is 0 Å². The third-order valence-electron chi connectivity index (χ3n) is 5.87. The second kappa shape index (κ2) is 11.7. The Kier molecular flexibility index (Phi) is 9.18. The zero-order valence-corrected chi connectivity index (χ0v) is 21.2. The first-order chi connectivity index (χ1) is 15.7. The molecule has 0 spiro atoms. The maximum absolute atomic E-state index is 13.1. The molecule has 1 aliphatic rings. The third kappa shape index (κ3) is 6.70. The Morgan fingerprint density at radius 2 is 1.94 bits per heavy atom. The molecule has 2 unspecified atom stereocenters. The molecule has 3 rings (SSSR count). The van der Waals surface area contributed by atoms with Crippen molar-refractivity contribution < 1.29 is 17.9 Å². The molecule has 2 aromatic rings. The number of carbonyl (C=O) groups excluding carboxylic acids is 1. The zero-order valence-electron chi connectivity index (χ0n) is 18.9. The minimum absolute atomic E-state index is 0.105. The van der Waals surface area contributed by atoms with Crippen LogP contribution in [0.15, 0.2) is 47.4 Å². The molecule has 6 nitrogen and oxygen atoms in total. The van der Waals surface area contributed by atoms with E-state index < -0.39 is 9.84 Å². The van der Waals surface area contributed by atoms with Crippen molar-refractivity contribution in [3.63, 3.8) is 0 Å². The minimum Gasteiger partial charge on any atom is -0.383 e. The highest BCUT2D eigenvalue weighted by molar-refractivity contribution is 7.91. The van der Waals surface area contributed by atoms with Crippen LogP contribution in [0, 0.1) is 0 Å². The molecule has 9 heteroatoms. The van der Waals surface area contributed by atoms with Crippen LogP contribution in [0.4, 0.5) is 0 Å². The average molecular weight is 513 g/mol. The van der Waals surface area contributed by atoms with E-state index in [1.54, 1.807) is 43.5 Å². The van der Waals surface area contributed by atoms with Crippen molar-refractivity contribution in [2.75, 3.05) is 32.6 Å². The summed E-state index contributed by atoms with van der Waals surface area (Å²) in [5.41, 5.74) is 1.16. The highest BCUT2D eigenvalue weighted by atomic mass is 35.5. The van der Waals surface area contributed by atoms with E-state index >= 15 is 0 Å². The van der Waals surface area contributed by atoms with Gasteiger partial charge in [0.2, 0.25) is 0 Å². The molecule has 180 valence electrons. The Bertz CT molecular complexity index is 1060. The maximum atomic E-state index is 13.1. The van der Waals surface area contributed by atoms with E-state index in [2.05, 4.69) is 10.2 Å². The fourth-order valence-corrected chi connectivity index (χ4v) is 6.01. The van der Waals surface area contributed by atoms with Gasteiger partial charge < -0.3 is 10.1 Å². The number of nitrogens with one attached hydrogen (secondary N) is 1. The van der Waals surface area contributed by atoms with Crippen LogP contribution in [0.25, 0.3) is 0 Å². The summed E-state index contributed by atoms with van der Waals surface area (Å²) in [6.07, 6.45) is 2.65. The highest BCUT2D eigenvalue weighted by Gasteiger charge is 2.29. The summed E-state index contributed by atoms with van der Waals surface area (Å²) >= 11 is 12.2. The molecule has 1 saturated heterocycles. The molecule has 1 N–H and O–H groups in total. The van der Waals surface area contributed by atoms with Crippen LogP contribution >= 0.6 is 23.2 Å². The molecule has 0 bridgehead atoms. The van der Waals surface area contributed by atoms with Gasteiger partial charge in [-0.15, -0.1) is 0 Å². The van der Waals surface area contributed by atoms with Crippen molar-refractivity contribution >= 4 is 38.9 Å². The Hall–Kier alpha value is -1.64. The number of carbonyl (C=O) groups is 1.